The van der Waals surface area contributed by atoms with Crippen molar-refractivity contribution in [2.24, 2.45) is 0 Å². The van der Waals surface area contributed by atoms with Crippen molar-refractivity contribution in [3.8, 4) is 11.1 Å². The molecule has 33 heavy (non-hydrogen) atoms. The molecule has 13 heteroatoms. The Hall–Kier alpha value is -3.32. The van der Waals surface area contributed by atoms with Crippen molar-refractivity contribution in [2.75, 3.05) is 23.3 Å². The summed E-state index contributed by atoms with van der Waals surface area (Å²) in [6.45, 7) is 0.913. The fourth-order valence-corrected chi connectivity index (χ4v) is 4.07. The SMILES string of the molecule is O=C(Nc1ccc(S(F)(F)(F)(F)F)cc1)c1cnc(N2CC[C@@H](O)C2)c(-c2cncnc2)c1. The highest BCUT2D eigenvalue weighted by Crippen LogP contribution is 3.02. The number of amides is 1. The number of carbonyl (C=O) groups is 1. The van der Waals surface area contributed by atoms with Gasteiger partial charge in [0.15, 0.2) is 0 Å². The van der Waals surface area contributed by atoms with Crippen LogP contribution in [0.4, 0.5) is 30.9 Å². The van der Waals surface area contributed by atoms with Crippen LogP contribution < -0.4 is 10.2 Å². The average molecular weight is 487 g/mol. The Morgan fingerprint density at radius 1 is 1.06 bits per heavy atom. The largest absolute Gasteiger partial charge is 0.391 e. The lowest BCUT2D eigenvalue weighted by Gasteiger charge is -2.40. The highest BCUT2D eigenvalue weighted by molar-refractivity contribution is 8.45. The fraction of sp³-hybridized carbons (Fsp3) is 0.200. The van der Waals surface area contributed by atoms with Gasteiger partial charge in [0.25, 0.3) is 5.91 Å². The second-order valence-corrected chi connectivity index (χ2v) is 9.97. The van der Waals surface area contributed by atoms with Crippen molar-refractivity contribution in [2.45, 2.75) is 17.4 Å². The minimum atomic E-state index is -9.80. The van der Waals surface area contributed by atoms with E-state index in [1.54, 1.807) is 0 Å². The summed E-state index contributed by atoms with van der Waals surface area (Å²) in [5.74, 6) is -0.188. The van der Waals surface area contributed by atoms with Crippen molar-refractivity contribution in [1.29, 1.82) is 0 Å². The van der Waals surface area contributed by atoms with Gasteiger partial charge in [-0.1, -0.05) is 19.4 Å². The first-order chi connectivity index (χ1) is 15.3. The van der Waals surface area contributed by atoms with Crippen LogP contribution in [-0.4, -0.2) is 45.2 Å². The van der Waals surface area contributed by atoms with Gasteiger partial charge in [-0.05, 0) is 36.8 Å². The Balaban J connectivity index is 1.62. The summed E-state index contributed by atoms with van der Waals surface area (Å²) in [6, 6.07) is 3.48. The maximum Gasteiger partial charge on any atom is 0.310 e. The molecule has 0 spiro atoms. The number of carbonyl (C=O) groups excluding carboxylic acids is 1. The predicted molar refractivity (Wildman–Crippen MR) is 114 cm³/mol. The molecule has 3 heterocycles. The number of halogens is 5. The zero-order valence-corrected chi connectivity index (χ0v) is 17.7. The molecule has 1 amide bonds. The molecular weight excluding hydrogens is 469 g/mol. The molecule has 2 aromatic heterocycles. The second kappa shape index (κ2) is 7.35. The number of nitrogens with one attached hydrogen (secondary N) is 1. The van der Waals surface area contributed by atoms with Crippen molar-refractivity contribution in [1.82, 2.24) is 15.0 Å². The number of aliphatic hydroxyl groups excluding tert-OH is 1. The van der Waals surface area contributed by atoms with Gasteiger partial charge in [0.2, 0.25) is 0 Å². The van der Waals surface area contributed by atoms with E-state index >= 15 is 0 Å². The molecule has 2 N–H and O–H groups in total. The van der Waals surface area contributed by atoms with E-state index in [4.69, 9.17) is 0 Å². The molecule has 1 aliphatic heterocycles. The highest BCUT2D eigenvalue weighted by atomic mass is 32.5. The van der Waals surface area contributed by atoms with E-state index in [0.29, 0.717) is 36.5 Å². The number of aromatic nitrogens is 3. The lowest BCUT2D eigenvalue weighted by atomic mass is 10.1. The van der Waals surface area contributed by atoms with Gasteiger partial charge in [0.1, 0.15) is 17.0 Å². The Morgan fingerprint density at radius 3 is 2.30 bits per heavy atom. The van der Waals surface area contributed by atoms with E-state index in [0.717, 1.165) is 12.1 Å². The molecular formula is C20H18F5N5O2S. The molecule has 0 saturated carbocycles. The predicted octanol–water partition coefficient (Wildman–Crippen LogP) is 5.02. The second-order valence-electron chi connectivity index (χ2n) is 7.56. The van der Waals surface area contributed by atoms with Gasteiger partial charge in [-0.3, -0.25) is 4.79 Å². The Morgan fingerprint density at radius 2 is 1.73 bits per heavy atom. The molecule has 7 nitrogen and oxygen atoms in total. The van der Waals surface area contributed by atoms with Crippen LogP contribution in [0.5, 0.6) is 0 Å². The van der Waals surface area contributed by atoms with Crippen LogP contribution in [0.3, 0.4) is 0 Å². The van der Waals surface area contributed by atoms with E-state index < -0.39 is 27.1 Å². The van der Waals surface area contributed by atoms with Crippen molar-refractivity contribution >= 4 is 27.6 Å². The molecule has 0 unspecified atom stereocenters. The molecule has 1 saturated heterocycles. The number of hydrogen-bond donors (Lipinski definition) is 2. The number of β-amino-alcohol motifs (C(OH)–C–C–N with tert-alkyl or cyclic N) is 1. The number of rotatable bonds is 5. The maximum atomic E-state index is 12.9. The molecule has 0 radical (unpaired) electrons. The quantitative estimate of drug-likeness (QED) is 0.491. The number of aliphatic hydroxyl groups is 1. The topological polar surface area (TPSA) is 91.2 Å². The first-order valence-electron chi connectivity index (χ1n) is 9.64. The molecule has 3 aromatic rings. The third-order valence-corrected chi connectivity index (χ3v) is 6.18. The zero-order valence-electron chi connectivity index (χ0n) is 16.8. The normalized spacial score (nSPS) is 18.5. The average Bonchev–Trinajstić information content (AvgIpc) is 3.19. The van der Waals surface area contributed by atoms with E-state index in [9.17, 15) is 29.3 Å². The summed E-state index contributed by atoms with van der Waals surface area (Å²) in [6.07, 6.45) is 5.72. The van der Waals surface area contributed by atoms with E-state index in [2.05, 4.69) is 20.3 Å². The van der Waals surface area contributed by atoms with Gasteiger partial charge < -0.3 is 15.3 Å². The number of nitrogens with zero attached hydrogens (tertiary/aromatic N) is 4. The summed E-state index contributed by atoms with van der Waals surface area (Å²) in [7, 11) is -9.80. The molecule has 1 aliphatic rings. The number of anilines is 2. The monoisotopic (exact) mass is 487 g/mol. The summed E-state index contributed by atoms with van der Waals surface area (Å²) >= 11 is 0. The molecule has 1 aromatic carbocycles. The van der Waals surface area contributed by atoms with Crippen LogP contribution in [0.15, 0.2) is 60.1 Å². The van der Waals surface area contributed by atoms with Crippen LogP contribution in [0.2, 0.25) is 0 Å². The molecule has 1 fully saturated rings. The molecule has 0 aliphatic carbocycles. The standard InChI is InChI=1S/C20H18F5N5O2S/c21-33(22,23,24,25)17-3-1-15(2-4-17)29-20(32)13-7-18(14-8-26-12-27-9-14)19(28-10-13)30-6-5-16(31)11-30/h1-4,7-10,12,16,31H,5-6,11H2,(H,29,32)/t16-/m1/s1. The third kappa shape index (κ3) is 5.20. The summed E-state index contributed by atoms with van der Waals surface area (Å²) in [5, 5.41) is 12.2. The van der Waals surface area contributed by atoms with E-state index in [-0.39, 0.29) is 23.4 Å². The Bertz CT molecular complexity index is 1190. The summed E-state index contributed by atoms with van der Waals surface area (Å²) in [4.78, 5) is 24.8. The minimum absolute atomic E-state index is 0.0779. The van der Waals surface area contributed by atoms with Gasteiger partial charge in [0, 0.05) is 48.5 Å². The third-order valence-electron chi connectivity index (χ3n) is 5.02. The van der Waals surface area contributed by atoms with Gasteiger partial charge in [-0.2, -0.15) is 0 Å². The van der Waals surface area contributed by atoms with Crippen LogP contribution in [0.1, 0.15) is 16.8 Å². The van der Waals surface area contributed by atoms with Crippen molar-refractivity contribution in [3.05, 3.63) is 60.8 Å². The smallest absolute Gasteiger partial charge is 0.310 e. The van der Waals surface area contributed by atoms with Gasteiger partial charge in [0.05, 0.1) is 11.7 Å². The molecule has 0 bridgehead atoms. The lowest BCUT2D eigenvalue weighted by Crippen LogP contribution is -2.23. The Labute approximate surface area is 185 Å². The minimum Gasteiger partial charge on any atom is -0.391 e. The number of pyridine rings is 1. The first kappa shape index (κ1) is 22.9. The first-order valence-corrected chi connectivity index (χ1v) is 11.6. The molecule has 4 rings (SSSR count). The maximum absolute atomic E-state index is 12.9. The number of hydrogen-bond acceptors (Lipinski definition) is 6. The van der Waals surface area contributed by atoms with Crippen LogP contribution in [0, 0.1) is 0 Å². The van der Waals surface area contributed by atoms with Crippen LogP contribution in [0.25, 0.3) is 11.1 Å². The van der Waals surface area contributed by atoms with Gasteiger partial charge >= 0.3 is 10.2 Å². The number of benzene rings is 1. The van der Waals surface area contributed by atoms with Crippen molar-refractivity contribution in [3.63, 3.8) is 0 Å². The fourth-order valence-electron chi connectivity index (χ4n) is 3.42. The molecule has 176 valence electrons. The van der Waals surface area contributed by atoms with E-state index in [1.165, 1.54) is 31.0 Å². The van der Waals surface area contributed by atoms with E-state index in [1.807, 2.05) is 4.90 Å². The Kier molecular flexibility index (Phi) is 5.09. The summed E-state index contributed by atoms with van der Waals surface area (Å²) in [5.41, 5.74) is 1.07. The van der Waals surface area contributed by atoms with Crippen molar-refractivity contribution < 1.29 is 29.3 Å². The highest BCUT2D eigenvalue weighted by Gasteiger charge is 2.65. The molecule has 1 atom stereocenters. The van der Waals surface area contributed by atoms with Gasteiger partial charge in [-0.25, -0.2) is 15.0 Å². The summed E-state index contributed by atoms with van der Waals surface area (Å²) < 4.78 is 64.4. The zero-order chi connectivity index (χ0) is 23.9. The van der Waals surface area contributed by atoms with Gasteiger partial charge in [-0.15, -0.1) is 0 Å². The van der Waals surface area contributed by atoms with Crippen LogP contribution in [-0.2, 0) is 0 Å². The lowest BCUT2D eigenvalue weighted by molar-refractivity contribution is 0.102. The van der Waals surface area contributed by atoms with Crippen LogP contribution >= 0.6 is 10.2 Å².